The summed E-state index contributed by atoms with van der Waals surface area (Å²) in [6.45, 7) is 0. The van der Waals surface area contributed by atoms with Gasteiger partial charge in [0.2, 0.25) is 0 Å². The standard InChI is InChI=1S/C11H5Cl2F3N2/c12-8-7(14)9(13)18-11(17-8)6-3-1-2-5(4-6)10(15)16/h1-4,10H. The zero-order chi connectivity index (χ0) is 13.3. The molecular formula is C11H5Cl2F3N2. The van der Waals surface area contributed by atoms with E-state index in [-0.39, 0.29) is 17.0 Å². The molecule has 0 unspecified atom stereocenters. The van der Waals surface area contributed by atoms with Gasteiger partial charge in [-0.3, -0.25) is 0 Å². The smallest absolute Gasteiger partial charge is 0.213 e. The molecule has 2 aromatic rings. The van der Waals surface area contributed by atoms with Gasteiger partial charge in [0.05, 0.1) is 0 Å². The van der Waals surface area contributed by atoms with Gasteiger partial charge < -0.3 is 0 Å². The van der Waals surface area contributed by atoms with Gasteiger partial charge in [-0.2, -0.15) is 0 Å². The molecule has 2 rings (SSSR count). The lowest BCUT2D eigenvalue weighted by molar-refractivity contribution is 0.151. The Morgan fingerprint density at radius 1 is 1.06 bits per heavy atom. The quantitative estimate of drug-likeness (QED) is 0.760. The van der Waals surface area contributed by atoms with Gasteiger partial charge in [0, 0.05) is 11.1 Å². The molecule has 0 radical (unpaired) electrons. The second kappa shape index (κ2) is 5.12. The molecule has 0 aliphatic heterocycles. The Labute approximate surface area is 110 Å². The Balaban J connectivity index is 2.52. The molecule has 0 bridgehead atoms. The first-order valence-electron chi connectivity index (χ1n) is 4.76. The maximum atomic E-state index is 13.1. The molecule has 0 N–H and O–H groups in total. The highest BCUT2D eigenvalue weighted by molar-refractivity contribution is 6.33. The summed E-state index contributed by atoms with van der Waals surface area (Å²) in [5.41, 5.74) is 0.101. The first-order chi connectivity index (χ1) is 8.49. The monoisotopic (exact) mass is 292 g/mol. The molecule has 0 aliphatic carbocycles. The first kappa shape index (κ1) is 13.1. The summed E-state index contributed by atoms with van der Waals surface area (Å²) in [4.78, 5) is 7.31. The summed E-state index contributed by atoms with van der Waals surface area (Å²) in [5, 5.41) is -0.903. The molecule has 0 saturated heterocycles. The van der Waals surface area contributed by atoms with Crippen LogP contribution in [0.5, 0.6) is 0 Å². The maximum absolute atomic E-state index is 13.1. The molecule has 0 spiro atoms. The van der Waals surface area contributed by atoms with Crippen molar-refractivity contribution in [2.45, 2.75) is 6.43 Å². The number of nitrogens with zero attached hydrogens (tertiary/aromatic N) is 2. The highest BCUT2D eigenvalue weighted by Gasteiger charge is 2.14. The van der Waals surface area contributed by atoms with E-state index in [9.17, 15) is 13.2 Å². The van der Waals surface area contributed by atoms with Gasteiger partial charge in [-0.05, 0) is 6.07 Å². The molecule has 2 nitrogen and oxygen atoms in total. The SMILES string of the molecule is Fc1c(Cl)nc(-c2cccc(C(F)F)c2)nc1Cl. The van der Waals surface area contributed by atoms with Crippen LogP contribution in [0.2, 0.25) is 10.3 Å². The van der Waals surface area contributed by atoms with Crippen LogP contribution in [0.4, 0.5) is 13.2 Å². The first-order valence-corrected chi connectivity index (χ1v) is 5.51. The van der Waals surface area contributed by atoms with E-state index in [1.165, 1.54) is 24.3 Å². The molecule has 1 heterocycles. The third kappa shape index (κ3) is 2.57. The Bertz CT molecular complexity index is 567. The number of hydrogen-bond donors (Lipinski definition) is 0. The van der Waals surface area contributed by atoms with E-state index < -0.39 is 22.5 Å². The summed E-state index contributed by atoms with van der Waals surface area (Å²) in [6.07, 6.45) is -2.61. The Kier molecular flexibility index (Phi) is 3.73. The average molecular weight is 293 g/mol. The van der Waals surface area contributed by atoms with Crippen LogP contribution in [0.15, 0.2) is 24.3 Å². The van der Waals surface area contributed by atoms with E-state index >= 15 is 0 Å². The summed E-state index contributed by atoms with van der Waals surface area (Å²) in [6, 6.07) is 5.39. The molecule has 0 amide bonds. The van der Waals surface area contributed by atoms with Crippen LogP contribution in [0.3, 0.4) is 0 Å². The molecule has 94 valence electrons. The average Bonchev–Trinajstić information content (AvgIpc) is 2.35. The fourth-order valence-electron chi connectivity index (χ4n) is 1.34. The largest absolute Gasteiger partial charge is 0.263 e. The summed E-state index contributed by atoms with van der Waals surface area (Å²) < 4.78 is 38.2. The van der Waals surface area contributed by atoms with E-state index in [4.69, 9.17) is 23.2 Å². The Hall–Kier alpha value is -1.33. The van der Waals surface area contributed by atoms with Crippen LogP contribution in [-0.4, -0.2) is 9.97 Å². The van der Waals surface area contributed by atoms with E-state index in [1.54, 1.807) is 0 Å². The second-order valence-electron chi connectivity index (χ2n) is 3.37. The van der Waals surface area contributed by atoms with Crippen LogP contribution in [0.1, 0.15) is 12.0 Å². The number of alkyl halides is 2. The van der Waals surface area contributed by atoms with Crippen molar-refractivity contribution in [1.82, 2.24) is 9.97 Å². The fraction of sp³-hybridized carbons (Fsp3) is 0.0909. The molecular weight excluding hydrogens is 288 g/mol. The van der Waals surface area contributed by atoms with Crippen LogP contribution >= 0.6 is 23.2 Å². The van der Waals surface area contributed by atoms with Crippen molar-refractivity contribution in [1.29, 1.82) is 0 Å². The molecule has 1 aromatic carbocycles. The van der Waals surface area contributed by atoms with E-state index in [0.717, 1.165) is 0 Å². The number of rotatable bonds is 2. The normalized spacial score (nSPS) is 11.0. The van der Waals surface area contributed by atoms with Crippen molar-refractivity contribution >= 4 is 23.2 Å². The summed E-state index contributed by atoms with van der Waals surface area (Å²) >= 11 is 11.0. The lowest BCUT2D eigenvalue weighted by Gasteiger charge is -2.05. The number of hydrogen-bond acceptors (Lipinski definition) is 2. The summed E-state index contributed by atoms with van der Waals surface area (Å²) in [5.74, 6) is -0.944. The molecule has 18 heavy (non-hydrogen) atoms. The minimum Gasteiger partial charge on any atom is -0.213 e. The van der Waals surface area contributed by atoms with Crippen molar-refractivity contribution < 1.29 is 13.2 Å². The number of halogens is 5. The highest BCUT2D eigenvalue weighted by Crippen LogP contribution is 2.27. The molecule has 7 heteroatoms. The Morgan fingerprint density at radius 2 is 1.67 bits per heavy atom. The predicted octanol–water partition coefficient (Wildman–Crippen LogP) is 4.53. The molecule has 1 aromatic heterocycles. The van der Waals surface area contributed by atoms with E-state index in [2.05, 4.69) is 9.97 Å². The van der Waals surface area contributed by atoms with Gasteiger partial charge in [0.25, 0.3) is 6.43 Å². The van der Waals surface area contributed by atoms with Crippen molar-refractivity contribution in [3.05, 3.63) is 46.0 Å². The topological polar surface area (TPSA) is 25.8 Å². The van der Waals surface area contributed by atoms with Crippen LogP contribution < -0.4 is 0 Å². The molecule has 0 atom stereocenters. The molecule has 0 fully saturated rings. The zero-order valence-electron chi connectivity index (χ0n) is 8.67. The predicted molar refractivity (Wildman–Crippen MR) is 62.4 cm³/mol. The maximum Gasteiger partial charge on any atom is 0.263 e. The van der Waals surface area contributed by atoms with Gasteiger partial charge in [0.15, 0.2) is 21.9 Å². The van der Waals surface area contributed by atoms with Crippen molar-refractivity contribution in [2.24, 2.45) is 0 Å². The second-order valence-corrected chi connectivity index (χ2v) is 4.09. The van der Waals surface area contributed by atoms with Crippen molar-refractivity contribution in [3.8, 4) is 11.4 Å². The molecule has 0 saturated carbocycles. The lowest BCUT2D eigenvalue weighted by atomic mass is 10.1. The van der Waals surface area contributed by atoms with Gasteiger partial charge in [-0.1, -0.05) is 41.4 Å². The minimum absolute atomic E-state index is 0.00565. The van der Waals surface area contributed by atoms with Crippen molar-refractivity contribution in [3.63, 3.8) is 0 Å². The van der Waals surface area contributed by atoms with Gasteiger partial charge in [-0.25, -0.2) is 23.1 Å². The van der Waals surface area contributed by atoms with Crippen molar-refractivity contribution in [2.75, 3.05) is 0 Å². The number of aromatic nitrogens is 2. The van der Waals surface area contributed by atoms with Gasteiger partial charge in [0.1, 0.15) is 0 Å². The van der Waals surface area contributed by atoms with Crippen LogP contribution in [0.25, 0.3) is 11.4 Å². The third-order valence-corrected chi connectivity index (χ3v) is 2.67. The number of benzene rings is 1. The van der Waals surface area contributed by atoms with Gasteiger partial charge in [-0.15, -0.1) is 0 Å². The van der Waals surface area contributed by atoms with Crippen LogP contribution in [-0.2, 0) is 0 Å². The van der Waals surface area contributed by atoms with E-state index in [0.29, 0.717) is 0 Å². The highest BCUT2D eigenvalue weighted by atomic mass is 35.5. The van der Waals surface area contributed by atoms with E-state index in [1.807, 2.05) is 0 Å². The third-order valence-electron chi connectivity index (χ3n) is 2.17. The van der Waals surface area contributed by atoms with Crippen LogP contribution in [0, 0.1) is 5.82 Å². The Morgan fingerprint density at radius 3 is 2.22 bits per heavy atom. The minimum atomic E-state index is -2.61. The molecule has 0 aliphatic rings. The van der Waals surface area contributed by atoms with Gasteiger partial charge >= 0.3 is 0 Å². The fourth-order valence-corrected chi connectivity index (χ4v) is 1.72. The lowest BCUT2D eigenvalue weighted by Crippen LogP contribution is -1.95. The zero-order valence-corrected chi connectivity index (χ0v) is 10.2. The summed E-state index contributed by atoms with van der Waals surface area (Å²) in [7, 11) is 0.